The van der Waals surface area contributed by atoms with Crippen molar-refractivity contribution in [2.45, 2.75) is 46.1 Å². The molecular weight excluding hydrogens is 224 g/mol. The maximum Gasteiger partial charge on any atom is 0.223 e. The molecule has 1 aliphatic carbocycles. The summed E-state index contributed by atoms with van der Waals surface area (Å²) in [6.07, 6.45) is 3.46. The monoisotopic (exact) mass is 248 g/mol. The maximum atomic E-state index is 11.9. The number of nitrogens with two attached hydrogens (primary N) is 1. The fourth-order valence-corrected chi connectivity index (χ4v) is 2.13. The minimum atomic E-state index is 0. The summed E-state index contributed by atoms with van der Waals surface area (Å²) in [6.45, 7) is 6.85. The summed E-state index contributed by atoms with van der Waals surface area (Å²) in [6, 6.07) is 0.323. The van der Waals surface area contributed by atoms with Crippen molar-refractivity contribution in [2.75, 3.05) is 6.54 Å². The van der Waals surface area contributed by atoms with E-state index in [0.29, 0.717) is 24.4 Å². The van der Waals surface area contributed by atoms with E-state index in [-0.39, 0.29) is 24.2 Å². The number of carbonyl (C=O) groups is 1. The number of rotatable bonds is 4. The number of halogens is 1. The van der Waals surface area contributed by atoms with Crippen molar-refractivity contribution >= 4 is 18.3 Å². The average molecular weight is 249 g/mol. The SMILES string of the molecule is CC(C)C(C)C(=O)NC1CCCC1CN.Cl. The second kappa shape index (κ2) is 7.13. The van der Waals surface area contributed by atoms with Crippen LogP contribution in [-0.4, -0.2) is 18.5 Å². The summed E-state index contributed by atoms with van der Waals surface area (Å²) in [4.78, 5) is 11.9. The van der Waals surface area contributed by atoms with Crippen LogP contribution in [0, 0.1) is 17.8 Å². The second-order valence-corrected chi connectivity index (χ2v) is 5.07. The molecule has 0 bridgehead atoms. The lowest BCUT2D eigenvalue weighted by Gasteiger charge is -2.23. The normalized spacial score (nSPS) is 26.3. The summed E-state index contributed by atoms with van der Waals surface area (Å²) >= 11 is 0. The Balaban J connectivity index is 0.00000225. The third kappa shape index (κ3) is 3.95. The molecule has 0 saturated heterocycles. The van der Waals surface area contributed by atoms with E-state index in [9.17, 15) is 4.79 Å². The van der Waals surface area contributed by atoms with Gasteiger partial charge in [-0.25, -0.2) is 0 Å². The fourth-order valence-electron chi connectivity index (χ4n) is 2.13. The van der Waals surface area contributed by atoms with Gasteiger partial charge in [0.05, 0.1) is 0 Å². The molecule has 0 radical (unpaired) electrons. The Bertz CT molecular complexity index is 221. The van der Waals surface area contributed by atoms with Crippen LogP contribution < -0.4 is 11.1 Å². The van der Waals surface area contributed by atoms with Gasteiger partial charge in [0, 0.05) is 12.0 Å². The molecule has 3 N–H and O–H groups in total. The van der Waals surface area contributed by atoms with E-state index in [4.69, 9.17) is 5.73 Å². The summed E-state index contributed by atoms with van der Waals surface area (Å²) in [5.74, 6) is 1.19. The van der Waals surface area contributed by atoms with Gasteiger partial charge in [-0.15, -0.1) is 12.4 Å². The molecule has 0 spiro atoms. The van der Waals surface area contributed by atoms with E-state index >= 15 is 0 Å². The van der Waals surface area contributed by atoms with Gasteiger partial charge in [-0.2, -0.15) is 0 Å². The number of hydrogen-bond donors (Lipinski definition) is 2. The molecule has 3 unspecified atom stereocenters. The highest BCUT2D eigenvalue weighted by molar-refractivity contribution is 5.85. The first-order valence-electron chi connectivity index (χ1n) is 6.06. The molecule has 1 aliphatic rings. The minimum absolute atomic E-state index is 0. The fraction of sp³-hybridized carbons (Fsp3) is 0.917. The van der Waals surface area contributed by atoms with Crippen molar-refractivity contribution in [1.82, 2.24) is 5.32 Å². The molecule has 1 rings (SSSR count). The molecule has 3 nitrogen and oxygen atoms in total. The Hall–Kier alpha value is -0.280. The van der Waals surface area contributed by atoms with Crippen molar-refractivity contribution in [1.29, 1.82) is 0 Å². The van der Waals surface area contributed by atoms with E-state index in [0.717, 1.165) is 12.8 Å². The predicted molar refractivity (Wildman–Crippen MR) is 69.6 cm³/mol. The number of carbonyl (C=O) groups excluding carboxylic acids is 1. The standard InChI is InChI=1S/C12H24N2O.ClH/c1-8(2)9(3)12(15)14-11-6-4-5-10(11)7-13;/h8-11H,4-7,13H2,1-3H3,(H,14,15);1H. The Morgan fingerprint density at radius 1 is 1.38 bits per heavy atom. The van der Waals surface area contributed by atoms with Gasteiger partial charge < -0.3 is 11.1 Å². The summed E-state index contributed by atoms with van der Waals surface area (Å²) < 4.78 is 0. The van der Waals surface area contributed by atoms with Gasteiger partial charge >= 0.3 is 0 Å². The van der Waals surface area contributed by atoms with Gasteiger partial charge in [-0.3, -0.25) is 4.79 Å². The molecule has 4 heteroatoms. The zero-order chi connectivity index (χ0) is 11.4. The first-order valence-corrected chi connectivity index (χ1v) is 6.06. The molecule has 96 valence electrons. The van der Waals surface area contributed by atoms with E-state index < -0.39 is 0 Å². The Labute approximate surface area is 105 Å². The van der Waals surface area contributed by atoms with Crippen molar-refractivity contribution in [2.24, 2.45) is 23.5 Å². The highest BCUT2D eigenvalue weighted by Gasteiger charge is 2.29. The van der Waals surface area contributed by atoms with Crippen LogP contribution in [0.25, 0.3) is 0 Å². The third-order valence-electron chi connectivity index (χ3n) is 3.70. The van der Waals surface area contributed by atoms with E-state index in [1.165, 1.54) is 6.42 Å². The Morgan fingerprint density at radius 2 is 2.00 bits per heavy atom. The van der Waals surface area contributed by atoms with Crippen LogP contribution in [0.3, 0.4) is 0 Å². The lowest BCUT2D eigenvalue weighted by molar-refractivity contribution is -0.126. The van der Waals surface area contributed by atoms with Crippen molar-refractivity contribution < 1.29 is 4.79 Å². The largest absolute Gasteiger partial charge is 0.353 e. The number of nitrogens with one attached hydrogen (secondary N) is 1. The van der Waals surface area contributed by atoms with Gasteiger partial charge in [-0.05, 0) is 31.2 Å². The number of amides is 1. The first-order chi connectivity index (χ1) is 7.06. The molecule has 3 atom stereocenters. The molecule has 0 aromatic carbocycles. The van der Waals surface area contributed by atoms with Crippen LogP contribution in [0.4, 0.5) is 0 Å². The predicted octanol–water partition coefficient (Wildman–Crippen LogP) is 1.94. The summed E-state index contributed by atoms with van der Waals surface area (Å²) in [7, 11) is 0. The van der Waals surface area contributed by atoms with Crippen LogP contribution in [0.5, 0.6) is 0 Å². The van der Waals surface area contributed by atoms with Crippen LogP contribution in [0.2, 0.25) is 0 Å². The Morgan fingerprint density at radius 3 is 2.50 bits per heavy atom. The van der Waals surface area contributed by atoms with E-state index in [2.05, 4.69) is 19.2 Å². The highest BCUT2D eigenvalue weighted by atomic mass is 35.5. The molecular formula is C12H25ClN2O. The van der Waals surface area contributed by atoms with Gasteiger partial charge in [0.15, 0.2) is 0 Å². The zero-order valence-corrected chi connectivity index (χ0v) is 11.3. The van der Waals surface area contributed by atoms with Crippen molar-refractivity contribution in [3.8, 4) is 0 Å². The summed E-state index contributed by atoms with van der Waals surface area (Å²) in [5, 5.41) is 3.14. The lowest BCUT2D eigenvalue weighted by Crippen LogP contribution is -2.43. The van der Waals surface area contributed by atoms with Crippen molar-refractivity contribution in [3.05, 3.63) is 0 Å². The molecule has 1 amide bonds. The minimum Gasteiger partial charge on any atom is -0.353 e. The Kier molecular flexibility index (Phi) is 7.00. The third-order valence-corrected chi connectivity index (χ3v) is 3.70. The van der Waals surface area contributed by atoms with Crippen LogP contribution in [0.1, 0.15) is 40.0 Å². The molecule has 0 heterocycles. The van der Waals surface area contributed by atoms with Crippen LogP contribution in [-0.2, 0) is 4.79 Å². The van der Waals surface area contributed by atoms with Crippen LogP contribution >= 0.6 is 12.4 Å². The van der Waals surface area contributed by atoms with E-state index in [1.54, 1.807) is 0 Å². The highest BCUT2D eigenvalue weighted by Crippen LogP contribution is 2.25. The quantitative estimate of drug-likeness (QED) is 0.799. The van der Waals surface area contributed by atoms with Gasteiger partial charge in [0.1, 0.15) is 0 Å². The average Bonchev–Trinajstić information content (AvgIpc) is 2.63. The molecule has 0 aromatic rings. The first kappa shape index (κ1) is 15.7. The van der Waals surface area contributed by atoms with Gasteiger partial charge in [0.2, 0.25) is 5.91 Å². The van der Waals surface area contributed by atoms with Gasteiger partial charge in [-0.1, -0.05) is 27.2 Å². The molecule has 0 aliphatic heterocycles. The number of hydrogen-bond acceptors (Lipinski definition) is 2. The smallest absolute Gasteiger partial charge is 0.223 e. The van der Waals surface area contributed by atoms with E-state index in [1.807, 2.05) is 6.92 Å². The molecule has 0 aromatic heterocycles. The zero-order valence-electron chi connectivity index (χ0n) is 10.5. The van der Waals surface area contributed by atoms with Crippen LogP contribution in [0.15, 0.2) is 0 Å². The van der Waals surface area contributed by atoms with Crippen molar-refractivity contribution in [3.63, 3.8) is 0 Å². The second-order valence-electron chi connectivity index (χ2n) is 5.07. The maximum absolute atomic E-state index is 11.9. The van der Waals surface area contributed by atoms with Gasteiger partial charge in [0.25, 0.3) is 0 Å². The molecule has 1 saturated carbocycles. The summed E-state index contributed by atoms with van der Waals surface area (Å²) in [5.41, 5.74) is 5.68. The molecule has 16 heavy (non-hydrogen) atoms. The molecule has 1 fully saturated rings. The topological polar surface area (TPSA) is 55.1 Å². The lowest BCUT2D eigenvalue weighted by atomic mass is 9.96.